The third kappa shape index (κ3) is 3.13. The second-order valence-corrected chi connectivity index (χ2v) is 7.39. The lowest BCUT2D eigenvalue weighted by Crippen LogP contribution is -2.42. The number of carbonyl (C=O) groups excluding carboxylic acids is 1. The molecule has 1 amide bonds. The van der Waals surface area contributed by atoms with E-state index in [2.05, 4.69) is 5.32 Å². The van der Waals surface area contributed by atoms with Gasteiger partial charge in [0.2, 0.25) is 5.91 Å². The zero-order chi connectivity index (χ0) is 17.3. The van der Waals surface area contributed by atoms with Gasteiger partial charge in [-0.1, -0.05) is 35.9 Å². The molecule has 3 rings (SSSR count). The summed E-state index contributed by atoms with van der Waals surface area (Å²) >= 11 is 6.30. The molecular weight excluding hydrogens is 320 g/mol. The third-order valence-electron chi connectivity index (χ3n) is 4.90. The van der Waals surface area contributed by atoms with Gasteiger partial charge in [0.15, 0.2) is 0 Å². The van der Waals surface area contributed by atoms with Gasteiger partial charge in [0.05, 0.1) is 11.5 Å². The number of benzene rings is 2. The van der Waals surface area contributed by atoms with Crippen LogP contribution in [0.4, 0.5) is 5.69 Å². The Morgan fingerprint density at radius 2 is 2.00 bits per heavy atom. The quantitative estimate of drug-likeness (QED) is 0.812. The minimum absolute atomic E-state index is 0.00900. The first kappa shape index (κ1) is 16.8. The maximum Gasteiger partial charge on any atom is 0.230 e. The van der Waals surface area contributed by atoms with E-state index in [9.17, 15) is 4.79 Å². The van der Waals surface area contributed by atoms with Crippen LogP contribution in [0.15, 0.2) is 42.5 Å². The normalized spacial score (nSPS) is 17.2. The van der Waals surface area contributed by atoms with Crippen molar-refractivity contribution in [3.8, 4) is 0 Å². The lowest BCUT2D eigenvalue weighted by atomic mass is 9.82. The van der Waals surface area contributed by atoms with E-state index in [1.54, 1.807) is 0 Å². The fourth-order valence-electron chi connectivity index (χ4n) is 3.41. The van der Waals surface area contributed by atoms with Gasteiger partial charge in [-0.25, -0.2) is 0 Å². The van der Waals surface area contributed by atoms with Gasteiger partial charge >= 0.3 is 0 Å². The number of anilines is 1. The fourth-order valence-corrected chi connectivity index (χ4v) is 3.79. The smallest absolute Gasteiger partial charge is 0.230 e. The van der Waals surface area contributed by atoms with E-state index >= 15 is 0 Å². The topological polar surface area (TPSA) is 55.1 Å². The molecule has 3 nitrogen and oxygen atoms in total. The van der Waals surface area contributed by atoms with Gasteiger partial charge in [-0.15, -0.1) is 0 Å². The Morgan fingerprint density at radius 1 is 1.25 bits per heavy atom. The minimum Gasteiger partial charge on any atom is -0.399 e. The number of hydrogen-bond donors (Lipinski definition) is 2. The predicted molar refractivity (Wildman–Crippen MR) is 99.2 cm³/mol. The molecule has 2 aromatic carbocycles. The SMILES string of the molecule is CC(C)(C(=O)NC1CCCc2cc(N)ccc21)c1ccccc1Cl. The van der Waals surface area contributed by atoms with Crippen molar-refractivity contribution in [2.75, 3.05) is 5.73 Å². The van der Waals surface area contributed by atoms with Gasteiger partial charge in [-0.2, -0.15) is 0 Å². The molecule has 24 heavy (non-hydrogen) atoms. The highest BCUT2D eigenvalue weighted by molar-refractivity contribution is 6.31. The minimum atomic E-state index is -0.691. The molecule has 0 bridgehead atoms. The van der Waals surface area contributed by atoms with Gasteiger partial charge in [0, 0.05) is 10.7 Å². The van der Waals surface area contributed by atoms with Crippen molar-refractivity contribution < 1.29 is 4.79 Å². The zero-order valence-electron chi connectivity index (χ0n) is 14.1. The second kappa shape index (κ2) is 6.48. The Kier molecular flexibility index (Phi) is 4.55. The largest absolute Gasteiger partial charge is 0.399 e. The maximum atomic E-state index is 13.0. The van der Waals surface area contributed by atoms with Crippen LogP contribution >= 0.6 is 11.6 Å². The van der Waals surface area contributed by atoms with E-state index < -0.39 is 5.41 Å². The molecule has 1 unspecified atom stereocenters. The number of halogens is 1. The molecule has 0 fully saturated rings. The Bertz CT molecular complexity index is 770. The highest BCUT2D eigenvalue weighted by atomic mass is 35.5. The first-order chi connectivity index (χ1) is 11.4. The van der Waals surface area contributed by atoms with E-state index in [0.717, 1.165) is 30.5 Å². The second-order valence-electron chi connectivity index (χ2n) is 6.98. The van der Waals surface area contributed by atoms with Crippen LogP contribution in [0.5, 0.6) is 0 Å². The molecule has 1 aliphatic rings. The molecule has 3 N–H and O–H groups in total. The van der Waals surface area contributed by atoms with Crippen LogP contribution in [0, 0.1) is 0 Å². The van der Waals surface area contributed by atoms with Crippen molar-refractivity contribution in [2.24, 2.45) is 0 Å². The van der Waals surface area contributed by atoms with Gasteiger partial charge in [-0.05, 0) is 68.0 Å². The summed E-state index contributed by atoms with van der Waals surface area (Å²) in [4.78, 5) is 13.0. The molecule has 0 heterocycles. The standard InChI is InChI=1S/C20H23ClN2O/c1-20(2,16-7-3-4-8-17(16)21)19(24)23-18-9-5-6-13-12-14(22)10-11-15(13)18/h3-4,7-8,10-12,18H,5-6,9,22H2,1-2H3,(H,23,24). The molecule has 4 heteroatoms. The monoisotopic (exact) mass is 342 g/mol. The number of nitrogens with one attached hydrogen (secondary N) is 1. The third-order valence-corrected chi connectivity index (χ3v) is 5.23. The van der Waals surface area contributed by atoms with E-state index in [1.165, 1.54) is 11.1 Å². The number of aryl methyl sites for hydroxylation is 1. The summed E-state index contributed by atoms with van der Waals surface area (Å²) in [6.45, 7) is 3.83. The van der Waals surface area contributed by atoms with Crippen LogP contribution in [0.25, 0.3) is 0 Å². The molecule has 0 saturated carbocycles. The van der Waals surface area contributed by atoms with E-state index in [4.69, 9.17) is 17.3 Å². The number of fused-ring (bicyclic) bond motifs is 1. The molecule has 0 aliphatic heterocycles. The molecule has 1 aliphatic carbocycles. The predicted octanol–water partition coefficient (Wildman–Crippen LogP) is 4.39. The van der Waals surface area contributed by atoms with Gasteiger partial charge < -0.3 is 11.1 Å². The number of nitrogens with two attached hydrogens (primary N) is 1. The average molecular weight is 343 g/mol. The van der Waals surface area contributed by atoms with Crippen molar-refractivity contribution in [2.45, 2.75) is 44.6 Å². The highest BCUT2D eigenvalue weighted by Gasteiger charge is 2.34. The molecule has 0 aromatic heterocycles. The summed E-state index contributed by atoms with van der Waals surface area (Å²) in [5.41, 5.74) is 9.24. The summed E-state index contributed by atoms with van der Waals surface area (Å²) in [6, 6.07) is 13.5. The summed E-state index contributed by atoms with van der Waals surface area (Å²) in [5.74, 6) is -0.00900. The first-order valence-electron chi connectivity index (χ1n) is 8.34. The number of carbonyl (C=O) groups is 1. The van der Waals surface area contributed by atoms with Crippen LogP contribution in [-0.4, -0.2) is 5.91 Å². The van der Waals surface area contributed by atoms with Gasteiger partial charge in [0.25, 0.3) is 0 Å². The van der Waals surface area contributed by atoms with Crippen molar-refractivity contribution in [3.63, 3.8) is 0 Å². The summed E-state index contributed by atoms with van der Waals surface area (Å²) in [6.07, 6.45) is 3.01. The number of amides is 1. The maximum absolute atomic E-state index is 13.0. The summed E-state index contributed by atoms with van der Waals surface area (Å²) < 4.78 is 0. The van der Waals surface area contributed by atoms with Crippen molar-refractivity contribution in [1.82, 2.24) is 5.32 Å². The van der Waals surface area contributed by atoms with Crippen LogP contribution in [-0.2, 0) is 16.6 Å². The first-order valence-corrected chi connectivity index (χ1v) is 8.71. The lowest BCUT2D eigenvalue weighted by Gasteiger charge is -2.31. The average Bonchev–Trinajstić information content (AvgIpc) is 2.55. The molecule has 2 aromatic rings. The molecule has 126 valence electrons. The van der Waals surface area contributed by atoms with Crippen LogP contribution in [0.1, 0.15) is 49.4 Å². The van der Waals surface area contributed by atoms with Gasteiger partial charge in [-0.3, -0.25) is 4.79 Å². The van der Waals surface area contributed by atoms with Crippen molar-refractivity contribution in [1.29, 1.82) is 0 Å². The molecular formula is C20H23ClN2O. The Hall–Kier alpha value is -2.00. The number of nitrogen functional groups attached to an aromatic ring is 1. The molecule has 0 spiro atoms. The number of rotatable bonds is 3. The highest BCUT2D eigenvalue weighted by Crippen LogP contribution is 2.34. The number of hydrogen-bond acceptors (Lipinski definition) is 2. The Labute approximate surface area is 148 Å². The Morgan fingerprint density at radius 3 is 2.75 bits per heavy atom. The van der Waals surface area contributed by atoms with E-state index in [0.29, 0.717) is 5.02 Å². The van der Waals surface area contributed by atoms with E-state index in [1.807, 2.05) is 56.3 Å². The lowest BCUT2D eigenvalue weighted by molar-refractivity contribution is -0.126. The summed E-state index contributed by atoms with van der Waals surface area (Å²) in [5, 5.41) is 3.84. The molecule has 0 saturated heterocycles. The van der Waals surface area contributed by atoms with Gasteiger partial charge in [0.1, 0.15) is 0 Å². The van der Waals surface area contributed by atoms with Crippen molar-refractivity contribution in [3.05, 3.63) is 64.2 Å². The zero-order valence-corrected chi connectivity index (χ0v) is 14.9. The fraction of sp³-hybridized carbons (Fsp3) is 0.350. The van der Waals surface area contributed by atoms with Crippen LogP contribution < -0.4 is 11.1 Å². The van der Waals surface area contributed by atoms with Crippen LogP contribution in [0.3, 0.4) is 0 Å². The van der Waals surface area contributed by atoms with Crippen LogP contribution in [0.2, 0.25) is 5.02 Å². The van der Waals surface area contributed by atoms with Crippen molar-refractivity contribution >= 4 is 23.2 Å². The van der Waals surface area contributed by atoms with E-state index in [-0.39, 0.29) is 11.9 Å². The summed E-state index contributed by atoms with van der Waals surface area (Å²) in [7, 11) is 0. The Balaban J connectivity index is 1.85. The molecule has 1 atom stereocenters. The molecule has 0 radical (unpaired) electrons.